The topological polar surface area (TPSA) is 49.3 Å². The van der Waals surface area contributed by atoms with Gasteiger partial charge in [-0.15, -0.1) is 10.2 Å². The lowest BCUT2D eigenvalue weighted by atomic mass is 9.73. The molecule has 1 aromatic carbocycles. The van der Waals surface area contributed by atoms with E-state index >= 15 is 0 Å². The monoisotopic (exact) mass is 384 g/mol. The number of anilines is 1. The Kier molecular flexibility index (Phi) is 5.43. The number of aryl methyl sites for hydroxylation is 1. The van der Waals surface area contributed by atoms with E-state index in [9.17, 15) is 4.79 Å². The third-order valence-electron chi connectivity index (χ3n) is 5.95. The van der Waals surface area contributed by atoms with E-state index in [1.807, 2.05) is 6.07 Å². The summed E-state index contributed by atoms with van der Waals surface area (Å²) in [6, 6.07) is 10.5. The highest BCUT2D eigenvalue weighted by atomic mass is 32.1. The van der Waals surface area contributed by atoms with Gasteiger partial charge in [0.2, 0.25) is 11.0 Å². The number of hydrogen-bond acceptors (Lipinski definition) is 5. The second-order valence-electron chi connectivity index (χ2n) is 7.91. The molecule has 2 aliphatic rings. The van der Waals surface area contributed by atoms with Crippen molar-refractivity contribution >= 4 is 22.4 Å². The van der Waals surface area contributed by atoms with Crippen LogP contribution in [0.2, 0.25) is 0 Å². The van der Waals surface area contributed by atoms with Crippen LogP contribution in [0.3, 0.4) is 0 Å². The minimum absolute atomic E-state index is 0.209. The lowest BCUT2D eigenvalue weighted by molar-refractivity contribution is -0.137. The van der Waals surface area contributed by atoms with E-state index in [2.05, 4.69) is 51.2 Å². The van der Waals surface area contributed by atoms with Crippen LogP contribution in [0.5, 0.6) is 0 Å². The fourth-order valence-corrected chi connectivity index (χ4v) is 5.24. The predicted octanol–water partition coefficient (Wildman–Crippen LogP) is 3.55. The molecule has 4 rings (SSSR count). The first-order chi connectivity index (χ1) is 13.2. The van der Waals surface area contributed by atoms with Gasteiger partial charge in [-0.1, -0.05) is 48.6 Å². The highest BCUT2D eigenvalue weighted by Gasteiger charge is 2.42. The Labute approximate surface area is 165 Å². The van der Waals surface area contributed by atoms with E-state index in [1.165, 1.54) is 18.4 Å². The summed E-state index contributed by atoms with van der Waals surface area (Å²) in [6.45, 7) is 5.88. The van der Waals surface area contributed by atoms with Crippen molar-refractivity contribution in [3.63, 3.8) is 0 Å². The number of carbonyl (C=O) groups is 1. The minimum Gasteiger partial charge on any atom is -0.346 e. The molecular formula is C21H28N4OS. The normalized spacial score (nSPS) is 23.2. The van der Waals surface area contributed by atoms with Crippen LogP contribution in [0, 0.1) is 5.41 Å². The number of nitrogens with zero attached hydrogens (tertiary/aromatic N) is 4. The molecule has 0 radical (unpaired) electrons. The van der Waals surface area contributed by atoms with Crippen molar-refractivity contribution in [2.24, 2.45) is 5.41 Å². The highest BCUT2D eigenvalue weighted by Crippen LogP contribution is 2.40. The van der Waals surface area contributed by atoms with E-state index in [0.29, 0.717) is 12.3 Å². The van der Waals surface area contributed by atoms with Gasteiger partial charge in [0.05, 0.1) is 0 Å². The third-order valence-corrected chi connectivity index (χ3v) is 7.08. The molecule has 2 fully saturated rings. The maximum absolute atomic E-state index is 12.5. The van der Waals surface area contributed by atoms with Crippen molar-refractivity contribution in [3.05, 3.63) is 40.9 Å². The number of piperidine rings is 2. The van der Waals surface area contributed by atoms with Crippen LogP contribution in [0.1, 0.15) is 43.2 Å². The molecule has 1 amide bonds. The molecule has 6 heteroatoms. The molecule has 27 heavy (non-hydrogen) atoms. The first kappa shape index (κ1) is 18.4. The van der Waals surface area contributed by atoms with Crippen molar-refractivity contribution in [3.8, 4) is 0 Å². The predicted molar refractivity (Wildman–Crippen MR) is 109 cm³/mol. The van der Waals surface area contributed by atoms with E-state index in [0.717, 1.165) is 55.6 Å². The molecule has 0 unspecified atom stereocenters. The van der Waals surface area contributed by atoms with Crippen LogP contribution in [0.4, 0.5) is 5.13 Å². The molecule has 144 valence electrons. The van der Waals surface area contributed by atoms with Gasteiger partial charge >= 0.3 is 0 Å². The van der Waals surface area contributed by atoms with Crippen molar-refractivity contribution < 1.29 is 4.79 Å². The summed E-state index contributed by atoms with van der Waals surface area (Å²) in [4.78, 5) is 17.0. The molecule has 0 bridgehead atoms. The molecule has 5 nitrogen and oxygen atoms in total. The van der Waals surface area contributed by atoms with Crippen LogP contribution in [0.15, 0.2) is 30.3 Å². The number of hydrogen-bond donors (Lipinski definition) is 0. The maximum atomic E-state index is 12.5. The Hall–Kier alpha value is -1.95. The Bertz CT molecular complexity index is 777. The van der Waals surface area contributed by atoms with Gasteiger partial charge in [-0.25, -0.2) is 0 Å². The van der Waals surface area contributed by atoms with Gasteiger partial charge in [0.1, 0.15) is 5.01 Å². The molecule has 0 aliphatic carbocycles. The van der Waals surface area contributed by atoms with Gasteiger partial charge in [0, 0.05) is 38.0 Å². The van der Waals surface area contributed by atoms with Crippen LogP contribution in [-0.2, 0) is 17.6 Å². The van der Waals surface area contributed by atoms with Gasteiger partial charge in [-0.3, -0.25) is 4.79 Å². The summed E-state index contributed by atoms with van der Waals surface area (Å²) in [5.74, 6) is 0.317. The summed E-state index contributed by atoms with van der Waals surface area (Å²) in [5.41, 5.74) is 1.51. The van der Waals surface area contributed by atoms with E-state index in [1.54, 1.807) is 11.3 Å². The van der Waals surface area contributed by atoms with E-state index in [-0.39, 0.29) is 5.41 Å². The Balaban J connectivity index is 1.43. The zero-order chi connectivity index (χ0) is 18.7. The maximum Gasteiger partial charge on any atom is 0.222 e. The van der Waals surface area contributed by atoms with Gasteiger partial charge in [-0.2, -0.15) is 0 Å². The molecule has 2 aliphatic heterocycles. The number of likely N-dealkylation sites (tertiary alicyclic amines) is 1. The fraction of sp³-hybridized carbons (Fsp3) is 0.571. The largest absolute Gasteiger partial charge is 0.346 e. The van der Waals surface area contributed by atoms with Gasteiger partial charge in [0.15, 0.2) is 0 Å². The molecule has 0 N–H and O–H groups in total. The number of carbonyl (C=O) groups excluding carboxylic acids is 1. The lowest BCUT2D eigenvalue weighted by Crippen LogP contribution is -2.54. The fourth-order valence-electron chi connectivity index (χ4n) is 4.43. The summed E-state index contributed by atoms with van der Waals surface area (Å²) < 4.78 is 0. The van der Waals surface area contributed by atoms with Crippen molar-refractivity contribution in [2.45, 2.75) is 45.4 Å². The first-order valence-electron chi connectivity index (χ1n) is 10.1. The second-order valence-corrected chi connectivity index (χ2v) is 8.95. The molecule has 2 saturated heterocycles. The summed E-state index contributed by atoms with van der Waals surface area (Å²) in [6.07, 6.45) is 5.93. The van der Waals surface area contributed by atoms with Gasteiger partial charge < -0.3 is 9.80 Å². The smallest absolute Gasteiger partial charge is 0.222 e. The van der Waals surface area contributed by atoms with Gasteiger partial charge in [-0.05, 0) is 37.7 Å². The van der Waals surface area contributed by atoms with Crippen LogP contribution < -0.4 is 4.90 Å². The minimum atomic E-state index is 0.209. The average molecular weight is 385 g/mol. The number of rotatable bonds is 5. The Morgan fingerprint density at radius 3 is 2.78 bits per heavy atom. The average Bonchev–Trinajstić information content (AvgIpc) is 3.19. The Morgan fingerprint density at radius 2 is 2.00 bits per heavy atom. The second kappa shape index (κ2) is 7.97. The zero-order valence-electron chi connectivity index (χ0n) is 16.1. The molecular weight excluding hydrogens is 356 g/mol. The molecule has 3 heterocycles. The summed E-state index contributed by atoms with van der Waals surface area (Å²) in [5, 5.41) is 10.9. The summed E-state index contributed by atoms with van der Waals surface area (Å²) in [7, 11) is 0. The molecule has 1 atom stereocenters. The molecule has 2 aromatic rings. The highest BCUT2D eigenvalue weighted by molar-refractivity contribution is 7.15. The first-order valence-corrected chi connectivity index (χ1v) is 10.9. The van der Waals surface area contributed by atoms with Crippen molar-refractivity contribution in [1.82, 2.24) is 15.1 Å². The number of benzene rings is 1. The van der Waals surface area contributed by atoms with E-state index in [4.69, 9.17) is 0 Å². The van der Waals surface area contributed by atoms with E-state index < -0.39 is 0 Å². The Morgan fingerprint density at radius 1 is 1.15 bits per heavy atom. The van der Waals surface area contributed by atoms with Crippen molar-refractivity contribution in [2.75, 3.05) is 31.1 Å². The lowest BCUT2D eigenvalue weighted by Gasteiger charge is -2.48. The molecule has 0 saturated carbocycles. The quantitative estimate of drug-likeness (QED) is 0.791. The third kappa shape index (κ3) is 4.15. The number of amides is 1. The van der Waals surface area contributed by atoms with Crippen LogP contribution >= 0.6 is 11.3 Å². The SMILES string of the molecule is CCc1nnc(N2CCC[C@]3(CCC(=O)N(CCc4ccccc4)C3)C2)s1. The van der Waals surface area contributed by atoms with Gasteiger partial charge in [0.25, 0.3) is 0 Å². The summed E-state index contributed by atoms with van der Waals surface area (Å²) >= 11 is 1.72. The standard InChI is InChI=1S/C21H28N4OS/c1-2-18-22-23-20(27-18)25-13-6-11-21(16-25)12-9-19(26)24(15-21)14-10-17-7-4-3-5-8-17/h3-5,7-8H,2,6,9-16H2,1H3/t21-/m1/s1. The molecule has 1 spiro atoms. The zero-order valence-corrected chi connectivity index (χ0v) is 16.9. The van der Waals surface area contributed by atoms with Crippen molar-refractivity contribution in [1.29, 1.82) is 0 Å². The molecule has 1 aromatic heterocycles. The number of aromatic nitrogens is 2. The van der Waals surface area contributed by atoms with Crippen LogP contribution in [-0.4, -0.2) is 47.2 Å². The van der Waals surface area contributed by atoms with Crippen LogP contribution in [0.25, 0.3) is 0 Å².